The third-order valence-electron chi connectivity index (χ3n) is 1.09. The first-order chi connectivity index (χ1) is 6.48. The molecule has 0 aromatic carbocycles. The number of carbonyl (C=O) groups is 1. The first kappa shape index (κ1) is 13.1. The highest BCUT2D eigenvalue weighted by atomic mass is 31.2. The summed E-state index contributed by atoms with van der Waals surface area (Å²) in [6.45, 7) is -0.550. The zero-order chi connectivity index (χ0) is 11.0. The number of hydrogen-bond acceptors (Lipinski definition) is 5. The van der Waals surface area contributed by atoms with E-state index >= 15 is 0 Å². The van der Waals surface area contributed by atoms with Crippen LogP contribution in [0.25, 0.3) is 0 Å². The van der Waals surface area contributed by atoms with Crippen molar-refractivity contribution in [3.8, 4) is 6.07 Å². The monoisotopic (exact) mass is 222 g/mol. The van der Waals surface area contributed by atoms with Gasteiger partial charge in [-0.05, 0) is 0 Å². The van der Waals surface area contributed by atoms with Crippen LogP contribution in [0, 0.1) is 11.3 Å². The molecule has 0 heterocycles. The van der Waals surface area contributed by atoms with E-state index < -0.39 is 26.4 Å². The number of carboxylic acids is 1. The molecule has 0 saturated carbocycles. The van der Waals surface area contributed by atoms with E-state index in [1.165, 1.54) is 0 Å². The van der Waals surface area contributed by atoms with E-state index in [1.54, 1.807) is 6.07 Å². The summed E-state index contributed by atoms with van der Waals surface area (Å²) in [4.78, 5) is 19.1. The van der Waals surface area contributed by atoms with Gasteiger partial charge in [0.1, 0.15) is 0 Å². The van der Waals surface area contributed by atoms with E-state index in [2.05, 4.69) is 9.84 Å². The lowest BCUT2D eigenvalue weighted by molar-refractivity contribution is -0.135. The number of nitriles is 1. The van der Waals surface area contributed by atoms with Crippen molar-refractivity contribution in [3.05, 3.63) is 0 Å². The summed E-state index contributed by atoms with van der Waals surface area (Å²) >= 11 is 0. The van der Waals surface area contributed by atoms with Gasteiger partial charge < -0.3 is 14.5 Å². The fraction of sp³-hybridized carbons (Fsp3) is 0.667. The van der Waals surface area contributed by atoms with Gasteiger partial charge in [-0.2, -0.15) is 5.26 Å². The Hall–Kier alpha value is -0.930. The van der Waals surface area contributed by atoms with Crippen LogP contribution in [0.4, 0.5) is 0 Å². The van der Waals surface area contributed by atoms with Crippen molar-refractivity contribution in [2.45, 2.75) is 6.42 Å². The van der Waals surface area contributed by atoms with Crippen LogP contribution in [0.1, 0.15) is 6.42 Å². The lowest BCUT2D eigenvalue weighted by atomic mass is 10.5. The minimum absolute atomic E-state index is 0.0173. The average molecular weight is 222 g/mol. The molecule has 0 spiro atoms. The standard InChI is InChI=1S/C6H11N2O5P/c7-2-1-3-13-14(11,12)5-8-4-6(9)10/h8H,1,3-5H2,(H,9,10)(H,11,12). The number of hydrogen-bond donors (Lipinski definition) is 3. The van der Waals surface area contributed by atoms with Crippen molar-refractivity contribution in [2.24, 2.45) is 0 Å². The molecule has 0 aromatic rings. The maximum atomic E-state index is 11.0. The fourth-order valence-electron chi connectivity index (χ4n) is 0.584. The van der Waals surface area contributed by atoms with Crippen molar-refractivity contribution < 1.29 is 23.9 Å². The molecule has 0 radical (unpaired) electrons. The number of nitrogens with one attached hydrogen (secondary N) is 1. The average Bonchev–Trinajstić information content (AvgIpc) is 2.03. The Morgan fingerprint density at radius 2 is 2.29 bits per heavy atom. The van der Waals surface area contributed by atoms with Gasteiger partial charge in [-0.1, -0.05) is 0 Å². The smallest absolute Gasteiger partial charge is 0.341 e. The van der Waals surface area contributed by atoms with Crippen LogP contribution in [0.2, 0.25) is 0 Å². The van der Waals surface area contributed by atoms with Gasteiger partial charge in [0.2, 0.25) is 0 Å². The highest BCUT2D eigenvalue weighted by Crippen LogP contribution is 2.40. The van der Waals surface area contributed by atoms with Crippen LogP contribution in [0.3, 0.4) is 0 Å². The van der Waals surface area contributed by atoms with Gasteiger partial charge in [0, 0.05) is 0 Å². The number of aliphatic carboxylic acids is 1. The van der Waals surface area contributed by atoms with E-state index in [0.717, 1.165) is 0 Å². The zero-order valence-corrected chi connectivity index (χ0v) is 8.24. The number of rotatable bonds is 7. The van der Waals surface area contributed by atoms with E-state index in [4.69, 9.17) is 15.3 Å². The Kier molecular flexibility index (Phi) is 6.08. The van der Waals surface area contributed by atoms with E-state index in [1.807, 2.05) is 0 Å². The molecule has 0 saturated heterocycles. The summed E-state index contributed by atoms with van der Waals surface area (Å²) in [6.07, 6.45) is -0.422. The number of nitrogens with zero attached hydrogens (tertiary/aromatic N) is 1. The van der Waals surface area contributed by atoms with Gasteiger partial charge in [0.25, 0.3) is 0 Å². The molecule has 1 unspecified atom stereocenters. The van der Waals surface area contributed by atoms with Gasteiger partial charge in [-0.25, -0.2) is 0 Å². The molecule has 0 bridgehead atoms. The molecular weight excluding hydrogens is 211 g/mol. The lowest BCUT2D eigenvalue weighted by Crippen LogP contribution is -2.24. The molecule has 0 aliphatic heterocycles. The summed E-state index contributed by atoms with van der Waals surface area (Å²) in [6, 6.07) is 1.74. The largest absolute Gasteiger partial charge is 0.480 e. The first-order valence-corrected chi connectivity index (χ1v) is 5.50. The maximum Gasteiger partial charge on any atom is 0.341 e. The van der Waals surface area contributed by atoms with Crippen LogP contribution in [-0.4, -0.2) is 35.4 Å². The lowest BCUT2D eigenvalue weighted by Gasteiger charge is -2.10. The van der Waals surface area contributed by atoms with Crippen LogP contribution in [0.15, 0.2) is 0 Å². The van der Waals surface area contributed by atoms with Gasteiger partial charge in [-0.3, -0.25) is 14.7 Å². The normalized spacial score (nSPS) is 14.3. The van der Waals surface area contributed by atoms with Gasteiger partial charge in [0.15, 0.2) is 0 Å². The molecular formula is C6H11N2O5P. The van der Waals surface area contributed by atoms with E-state index in [9.17, 15) is 9.36 Å². The van der Waals surface area contributed by atoms with Crippen molar-refractivity contribution in [2.75, 3.05) is 19.4 Å². The Balaban J connectivity index is 3.67. The Morgan fingerprint density at radius 3 is 2.79 bits per heavy atom. The first-order valence-electron chi connectivity index (χ1n) is 3.74. The minimum atomic E-state index is -3.80. The summed E-state index contributed by atoms with van der Waals surface area (Å²) < 4.78 is 15.5. The molecule has 80 valence electrons. The minimum Gasteiger partial charge on any atom is -0.480 e. The van der Waals surface area contributed by atoms with Gasteiger partial charge in [0.05, 0.1) is 31.9 Å². The fourth-order valence-corrected chi connectivity index (χ4v) is 1.45. The van der Waals surface area contributed by atoms with Crippen molar-refractivity contribution in [3.63, 3.8) is 0 Å². The van der Waals surface area contributed by atoms with Crippen LogP contribution in [0.5, 0.6) is 0 Å². The quantitative estimate of drug-likeness (QED) is 0.400. The van der Waals surface area contributed by atoms with Crippen molar-refractivity contribution in [1.82, 2.24) is 5.32 Å². The summed E-state index contributed by atoms with van der Waals surface area (Å²) in [5, 5.41) is 18.6. The molecule has 1 atom stereocenters. The zero-order valence-electron chi connectivity index (χ0n) is 7.34. The van der Waals surface area contributed by atoms with Crippen LogP contribution in [-0.2, 0) is 13.9 Å². The third kappa shape index (κ3) is 7.71. The molecule has 3 N–H and O–H groups in total. The van der Waals surface area contributed by atoms with Gasteiger partial charge in [-0.15, -0.1) is 0 Å². The van der Waals surface area contributed by atoms with Crippen LogP contribution >= 0.6 is 7.60 Å². The molecule has 0 amide bonds. The SMILES string of the molecule is N#CCCOP(=O)(O)CNCC(=O)O. The Labute approximate surface area is 80.8 Å². The predicted octanol–water partition coefficient (Wildman–Crippen LogP) is -0.266. The molecule has 0 aromatic heterocycles. The van der Waals surface area contributed by atoms with Crippen LogP contribution < -0.4 is 5.32 Å². The molecule has 0 aliphatic rings. The van der Waals surface area contributed by atoms with Crippen molar-refractivity contribution in [1.29, 1.82) is 5.26 Å². The molecule has 7 nitrogen and oxygen atoms in total. The number of carboxylic acid groups (broad SMARTS) is 1. The van der Waals surface area contributed by atoms with E-state index in [0.29, 0.717) is 0 Å². The second-order valence-electron chi connectivity index (χ2n) is 2.36. The second kappa shape index (κ2) is 6.51. The predicted molar refractivity (Wildman–Crippen MR) is 46.5 cm³/mol. The maximum absolute atomic E-state index is 11.0. The second-order valence-corrected chi connectivity index (χ2v) is 4.21. The molecule has 14 heavy (non-hydrogen) atoms. The molecule has 8 heteroatoms. The van der Waals surface area contributed by atoms with Gasteiger partial charge >= 0.3 is 13.6 Å². The third-order valence-corrected chi connectivity index (χ3v) is 2.30. The van der Waals surface area contributed by atoms with Crippen molar-refractivity contribution >= 4 is 13.6 Å². The Morgan fingerprint density at radius 1 is 1.64 bits per heavy atom. The highest BCUT2D eigenvalue weighted by molar-refractivity contribution is 7.52. The summed E-state index contributed by atoms with van der Waals surface area (Å²) in [5.41, 5.74) is 0. The molecule has 0 fully saturated rings. The van der Waals surface area contributed by atoms with E-state index in [-0.39, 0.29) is 13.0 Å². The summed E-state index contributed by atoms with van der Waals surface area (Å²) in [7, 11) is -3.80. The Bertz CT molecular complexity index is 274. The topological polar surface area (TPSA) is 120 Å². The molecule has 0 rings (SSSR count). The highest BCUT2D eigenvalue weighted by Gasteiger charge is 2.18. The summed E-state index contributed by atoms with van der Waals surface area (Å²) in [5.74, 6) is -1.12. The molecule has 0 aliphatic carbocycles.